The Kier molecular flexibility index (Phi) is 8.04. The molecule has 0 atom stereocenters. The zero-order valence-corrected chi connectivity index (χ0v) is 21.4. The fourth-order valence-corrected chi connectivity index (χ4v) is 4.91. The number of nitrogens with two attached hydrogens (primary N) is 1. The lowest BCUT2D eigenvalue weighted by molar-refractivity contribution is 0.105. The number of phenols is 1. The minimum absolute atomic E-state index is 0.0714. The highest BCUT2D eigenvalue weighted by Crippen LogP contribution is 2.42. The van der Waals surface area contributed by atoms with Crippen molar-refractivity contribution in [3.8, 4) is 16.9 Å². The standard InChI is InChI=1S/C32H36N2O2/c1-3-5-7-9-21-11-15-23(16-12-21)25-19-27(33)30-29(31(25)35)28(34)20-26(32(30)36)24-17-13-22(14-18-24)10-8-6-4-2/h11-20,33,36H,3-10,34H2,1-2H3. The van der Waals surface area contributed by atoms with E-state index in [4.69, 9.17) is 11.1 Å². The van der Waals surface area contributed by atoms with Crippen molar-refractivity contribution in [3.05, 3.63) is 88.5 Å². The van der Waals surface area contributed by atoms with Crippen molar-refractivity contribution in [1.82, 2.24) is 0 Å². The van der Waals surface area contributed by atoms with E-state index in [-0.39, 0.29) is 34.1 Å². The highest BCUT2D eigenvalue weighted by molar-refractivity contribution is 6.41. The molecule has 0 heterocycles. The van der Waals surface area contributed by atoms with Crippen LogP contribution in [0.2, 0.25) is 0 Å². The van der Waals surface area contributed by atoms with Crippen LogP contribution in [0.1, 0.15) is 85.0 Å². The number of rotatable bonds is 10. The molecule has 186 valence electrons. The fourth-order valence-electron chi connectivity index (χ4n) is 4.91. The number of carbonyl (C=O) groups is 1. The van der Waals surface area contributed by atoms with Crippen LogP contribution in [0.4, 0.5) is 5.69 Å². The van der Waals surface area contributed by atoms with E-state index in [2.05, 4.69) is 26.0 Å². The summed E-state index contributed by atoms with van der Waals surface area (Å²) in [5.41, 5.74) is 12.2. The number of Topliss-reactive ketones (excluding diaryl/α,β-unsaturated/α-hetero) is 1. The molecule has 0 saturated carbocycles. The molecule has 3 aromatic rings. The van der Waals surface area contributed by atoms with Gasteiger partial charge in [-0.3, -0.25) is 4.79 Å². The molecule has 36 heavy (non-hydrogen) atoms. The van der Waals surface area contributed by atoms with Gasteiger partial charge in [0.15, 0.2) is 5.78 Å². The minimum Gasteiger partial charge on any atom is -0.507 e. The molecule has 1 aliphatic carbocycles. The molecule has 0 spiro atoms. The molecule has 4 N–H and O–H groups in total. The van der Waals surface area contributed by atoms with Crippen LogP contribution in [0, 0.1) is 5.41 Å². The number of carbonyl (C=O) groups excluding carboxylic acids is 1. The molecule has 0 aliphatic heterocycles. The van der Waals surface area contributed by atoms with Gasteiger partial charge >= 0.3 is 0 Å². The number of unbranched alkanes of at least 4 members (excludes halogenated alkanes) is 4. The normalized spacial score (nSPS) is 13.0. The number of allylic oxidation sites excluding steroid dienone is 2. The molecule has 4 nitrogen and oxygen atoms in total. The lowest BCUT2D eigenvalue weighted by atomic mass is 9.82. The van der Waals surface area contributed by atoms with E-state index in [1.807, 2.05) is 36.4 Å². The third kappa shape index (κ3) is 5.28. The summed E-state index contributed by atoms with van der Waals surface area (Å²) in [5.74, 6) is -0.330. The summed E-state index contributed by atoms with van der Waals surface area (Å²) in [6.07, 6.45) is 10.7. The smallest absolute Gasteiger partial charge is 0.196 e. The third-order valence-corrected chi connectivity index (χ3v) is 7.03. The second-order valence-electron chi connectivity index (χ2n) is 9.72. The maximum absolute atomic E-state index is 13.5. The van der Waals surface area contributed by atoms with Gasteiger partial charge in [0.25, 0.3) is 0 Å². The van der Waals surface area contributed by atoms with Gasteiger partial charge in [-0.25, -0.2) is 0 Å². The molecule has 0 aromatic heterocycles. The lowest BCUT2D eigenvalue weighted by Gasteiger charge is -2.22. The number of aromatic hydroxyl groups is 1. The van der Waals surface area contributed by atoms with Gasteiger partial charge in [0.2, 0.25) is 0 Å². The first-order valence-electron chi connectivity index (χ1n) is 13.1. The molecule has 0 fully saturated rings. The number of nitrogen functional groups attached to an aromatic ring is 1. The number of hydrogen-bond acceptors (Lipinski definition) is 4. The Morgan fingerprint density at radius 1 is 0.778 bits per heavy atom. The molecule has 0 amide bonds. The van der Waals surface area contributed by atoms with Crippen molar-refractivity contribution >= 4 is 22.8 Å². The summed E-state index contributed by atoms with van der Waals surface area (Å²) in [7, 11) is 0. The van der Waals surface area contributed by atoms with Gasteiger partial charge in [-0.15, -0.1) is 0 Å². The largest absolute Gasteiger partial charge is 0.507 e. The topological polar surface area (TPSA) is 87.2 Å². The number of nitrogens with one attached hydrogen (secondary N) is 1. The number of hydrogen-bond donors (Lipinski definition) is 3. The van der Waals surface area contributed by atoms with Crippen LogP contribution in [0.5, 0.6) is 5.75 Å². The number of fused-ring (bicyclic) bond motifs is 1. The first-order chi connectivity index (χ1) is 17.4. The maximum atomic E-state index is 13.5. The average molecular weight is 481 g/mol. The molecule has 0 radical (unpaired) electrons. The summed E-state index contributed by atoms with van der Waals surface area (Å²) >= 11 is 0. The Hall–Kier alpha value is -3.66. The highest BCUT2D eigenvalue weighted by Gasteiger charge is 2.31. The molecule has 4 rings (SSSR count). The number of phenolic OH excluding ortho intramolecular Hbond substituents is 1. The van der Waals surface area contributed by atoms with Gasteiger partial charge in [-0.1, -0.05) is 88.1 Å². The lowest BCUT2D eigenvalue weighted by Crippen LogP contribution is -2.19. The van der Waals surface area contributed by atoms with Crippen LogP contribution in [0.3, 0.4) is 0 Å². The van der Waals surface area contributed by atoms with E-state index in [0.717, 1.165) is 36.8 Å². The Bertz CT molecular complexity index is 1290. The molecule has 3 aromatic carbocycles. The summed E-state index contributed by atoms with van der Waals surface area (Å²) in [6, 6.07) is 17.7. The highest BCUT2D eigenvalue weighted by atomic mass is 16.3. The van der Waals surface area contributed by atoms with Crippen molar-refractivity contribution in [2.45, 2.75) is 65.2 Å². The third-order valence-electron chi connectivity index (χ3n) is 7.03. The predicted octanol–water partition coefficient (Wildman–Crippen LogP) is 7.75. The Morgan fingerprint density at radius 2 is 1.31 bits per heavy atom. The summed E-state index contributed by atoms with van der Waals surface area (Å²) in [4.78, 5) is 13.5. The van der Waals surface area contributed by atoms with Gasteiger partial charge in [0.05, 0.1) is 16.8 Å². The van der Waals surface area contributed by atoms with E-state index >= 15 is 0 Å². The number of ketones is 1. The van der Waals surface area contributed by atoms with E-state index in [1.54, 1.807) is 12.1 Å². The molecular formula is C32H36N2O2. The van der Waals surface area contributed by atoms with Crippen LogP contribution >= 0.6 is 0 Å². The summed E-state index contributed by atoms with van der Waals surface area (Å²) in [5, 5.41) is 19.8. The first kappa shape index (κ1) is 25.4. The van der Waals surface area contributed by atoms with Crippen molar-refractivity contribution in [1.29, 1.82) is 5.41 Å². The van der Waals surface area contributed by atoms with Gasteiger partial charge in [0.1, 0.15) is 5.75 Å². The average Bonchev–Trinajstić information content (AvgIpc) is 2.88. The summed E-state index contributed by atoms with van der Waals surface area (Å²) < 4.78 is 0. The van der Waals surface area contributed by atoms with Crippen LogP contribution in [0.15, 0.2) is 60.7 Å². The van der Waals surface area contributed by atoms with E-state index < -0.39 is 0 Å². The predicted molar refractivity (Wildman–Crippen MR) is 150 cm³/mol. The van der Waals surface area contributed by atoms with Crippen LogP contribution in [0.25, 0.3) is 16.7 Å². The Labute approximate surface area is 214 Å². The van der Waals surface area contributed by atoms with Crippen molar-refractivity contribution in [2.24, 2.45) is 0 Å². The van der Waals surface area contributed by atoms with Crippen LogP contribution < -0.4 is 5.73 Å². The second kappa shape index (κ2) is 11.4. The van der Waals surface area contributed by atoms with Crippen LogP contribution in [-0.4, -0.2) is 16.6 Å². The monoisotopic (exact) mass is 480 g/mol. The quantitative estimate of drug-likeness (QED) is 0.157. The van der Waals surface area contributed by atoms with Gasteiger partial charge in [-0.05, 0) is 60.1 Å². The van der Waals surface area contributed by atoms with E-state index in [1.165, 1.54) is 36.8 Å². The number of benzene rings is 3. The van der Waals surface area contributed by atoms with Crippen molar-refractivity contribution in [3.63, 3.8) is 0 Å². The van der Waals surface area contributed by atoms with Crippen molar-refractivity contribution in [2.75, 3.05) is 5.73 Å². The van der Waals surface area contributed by atoms with Crippen molar-refractivity contribution < 1.29 is 9.90 Å². The van der Waals surface area contributed by atoms with Gasteiger partial charge in [-0.2, -0.15) is 0 Å². The Morgan fingerprint density at radius 3 is 1.83 bits per heavy atom. The minimum atomic E-state index is -0.259. The van der Waals surface area contributed by atoms with E-state index in [0.29, 0.717) is 11.1 Å². The zero-order valence-electron chi connectivity index (χ0n) is 21.4. The molecular weight excluding hydrogens is 444 g/mol. The maximum Gasteiger partial charge on any atom is 0.196 e. The number of aryl methyl sites for hydroxylation is 2. The SMILES string of the molecule is CCCCCc1ccc(C2=CC(=N)c3c(O)c(-c4ccc(CCCCC)cc4)cc(N)c3C2=O)cc1. The number of anilines is 1. The van der Waals surface area contributed by atoms with Gasteiger partial charge < -0.3 is 16.2 Å². The van der Waals surface area contributed by atoms with Gasteiger partial charge in [0, 0.05) is 16.8 Å². The summed E-state index contributed by atoms with van der Waals surface area (Å²) in [6.45, 7) is 4.38. The molecule has 0 unspecified atom stereocenters. The first-order valence-corrected chi connectivity index (χ1v) is 13.1. The molecule has 4 heteroatoms. The Balaban J connectivity index is 1.62. The van der Waals surface area contributed by atoms with Crippen LogP contribution in [-0.2, 0) is 12.8 Å². The fraction of sp³-hybridized carbons (Fsp3) is 0.312. The molecule has 0 saturated heterocycles. The second-order valence-corrected chi connectivity index (χ2v) is 9.72. The molecule has 1 aliphatic rings. The zero-order chi connectivity index (χ0) is 25.7. The van der Waals surface area contributed by atoms with E-state index in [9.17, 15) is 9.90 Å². The molecule has 0 bridgehead atoms.